The van der Waals surface area contributed by atoms with Crippen molar-refractivity contribution in [3.05, 3.63) is 81.4 Å². The van der Waals surface area contributed by atoms with Crippen LogP contribution in [-0.2, 0) is 18.3 Å². The Bertz CT molecular complexity index is 1380. The number of nitrogens with zero attached hydrogens (tertiary/aromatic N) is 5. The highest BCUT2D eigenvalue weighted by atomic mass is 32.2. The molecule has 0 aliphatic carbocycles. The molecule has 8 nitrogen and oxygen atoms in total. The molecule has 4 aromatic rings. The number of para-hydroxylation sites is 1. The summed E-state index contributed by atoms with van der Waals surface area (Å²) < 4.78 is 17.0. The Morgan fingerprint density at radius 2 is 1.94 bits per heavy atom. The zero-order valence-corrected chi connectivity index (χ0v) is 18.6. The van der Waals surface area contributed by atoms with Gasteiger partial charge in [-0.25, -0.2) is 9.37 Å². The summed E-state index contributed by atoms with van der Waals surface area (Å²) in [5.74, 6) is -0.226. The third kappa shape index (κ3) is 4.26. The summed E-state index contributed by atoms with van der Waals surface area (Å²) >= 11 is 1.18. The second kappa shape index (κ2) is 8.91. The summed E-state index contributed by atoms with van der Waals surface area (Å²) in [7, 11) is 1.78. The molecule has 0 unspecified atom stereocenters. The van der Waals surface area contributed by atoms with Gasteiger partial charge in [0, 0.05) is 30.9 Å². The smallest absolute Gasteiger partial charge is 0.261 e. The fourth-order valence-electron chi connectivity index (χ4n) is 3.31. The Morgan fingerprint density at radius 1 is 1.16 bits per heavy atom. The van der Waals surface area contributed by atoms with Crippen LogP contribution in [-0.4, -0.2) is 35.8 Å². The molecule has 0 spiro atoms. The monoisotopic (exact) mass is 452 g/mol. The van der Waals surface area contributed by atoms with Crippen LogP contribution in [0.1, 0.15) is 22.6 Å². The van der Waals surface area contributed by atoms with Crippen LogP contribution in [0.3, 0.4) is 0 Å². The first kappa shape index (κ1) is 21.7. The van der Waals surface area contributed by atoms with Crippen molar-refractivity contribution in [1.82, 2.24) is 24.1 Å². The van der Waals surface area contributed by atoms with Crippen molar-refractivity contribution in [3.8, 4) is 0 Å². The predicted molar refractivity (Wildman–Crippen MR) is 120 cm³/mol. The van der Waals surface area contributed by atoms with Crippen molar-refractivity contribution >= 4 is 29.0 Å². The first-order valence-electron chi connectivity index (χ1n) is 9.88. The van der Waals surface area contributed by atoms with Gasteiger partial charge in [-0.15, -0.1) is 10.2 Å². The summed E-state index contributed by atoms with van der Waals surface area (Å²) in [5, 5.41) is 11.4. The number of amides is 1. The second-order valence-corrected chi connectivity index (χ2v) is 8.26. The molecule has 32 heavy (non-hydrogen) atoms. The molecular weight excluding hydrogens is 431 g/mol. The first-order valence-corrected chi connectivity index (χ1v) is 10.9. The number of aromatic nitrogens is 5. The van der Waals surface area contributed by atoms with E-state index in [0.717, 1.165) is 5.56 Å². The largest absolute Gasteiger partial charge is 0.323 e. The summed E-state index contributed by atoms with van der Waals surface area (Å²) in [5.41, 5.74) is 2.73. The quantitative estimate of drug-likeness (QED) is 0.452. The van der Waals surface area contributed by atoms with E-state index in [1.807, 2.05) is 26.0 Å². The molecule has 0 fully saturated rings. The molecule has 10 heteroatoms. The standard InChI is InChI=1S/C22H21FN6O2S/c1-13-7-6-10-29-20(13)24-14(2)15(21(29)31)11-18-26-27-22(28(18)3)32-12-19(30)25-17-9-5-4-8-16(17)23/h4-10H,11-12H2,1-3H3,(H,25,30). The minimum atomic E-state index is -0.493. The van der Waals surface area contributed by atoms with Crippen molar-refractivity contribution < 1.29 is 9.18 Å². The maximum atomic E-state index is 13.7. The normalized spacial score (nSPS) is 11.1. The van der Waals surface area contributed by atoms with Crippen LogP contribution in [0, 0.1) is 19.7 Å². The summed E-state index contributed by atoms with van der Waals surface area (Å²) in [4.78, 5) is 29.8. The molecule has 1 N–H and O–H groups in total. The van der Waals surface area contributed by atoms with E-state index in [1.165, 1.54) is 28.3 Å². The van der Waals surface area contributed by atoms with E-state index < -0.39 is 5.82 Å². The number of fused-ring (bicyclic) bond motifs is 1. The summed E-state index contributed by atoms with van der Waals surface area (Å²) in [6.07, 6.45) is 1.97. The molecule has 0 aliphatic rings. The molecule has 0 radical (unpaired) electrons. The summed E-state index contributed by atoms with van der Waals surface area (Å²) in [6.45, 7) is 3.72. The van der Waals surface area contributed by atoms with Gasteiger partial charge in [0.2, 0.25) is 5.91 Å². The fraction of sp³-hybridized carbons (Fsp3) is 0.227. The van der Waals surface area contributed by atoms with Gasteiger partial charge >= 0.3 is 0 Å². The molecule has 1 amide bonds. The van der Waals surface area contributed by atoms with Crippen LogP contribution in [0.4, 0.5) is 10.1 Å². The highest BCUT2D eigenvalue weighted by Gasteiger charge is 2.17. The third-order valence-corrected chi connectivity index (χ3v) is 6.11. The fourth-order valence-corrected chi connectivity index (χ4v) is 4.04. The van der Waals surface area contributed by atoms with Crippen molar-refractivity contribution in [2.45, 2.75) is 25.4 Å². The lowest BCUT2D eigenvalue weighted by atomic mass is 10.1. The Kier molecular flexibility index (Phi) is 6.04. The number of anilines is 1. The molecule has 0 atom stereocenters. The molecular formula is C22H21FN6O2S. The van der Waals surface area contributed by atoms with E-state index >= 15 is 0 Å². The molecule has 3 heterocycles. The number of aryl methyl sites for hydroxylation is 2. The summed E-state index contributed by atoms with van der Waals surface area (Å²) in [6, 6.07) is 9.71. The van der Waals surface area contributed by atoms with Crippen molar-refractivity contribution in [2.24, 2.45) is 7.05 Å². The van der Waals surface area contributed by atoms with E-state index in [1.54, 1.807) is 29.9 Å². The molecule has 4 rings (SSSR count). The number of benzene rings is 1. The molecule has 0 bridgehead atoms. The van der Waals surface area contributed by atoms with Gasteiger partial charge in [-0.05, 0) is 37.6 Å². The van der Waals surface area contributed by atoms with Gasteiger partial charge in [0.05, 0.1) is 11.4 Å². The lowest BCUT2D eigenvalue weighted by molar-refractivity contribution is -0.113. The Hall–Kier alpha value is -3.53. The SMILES string of the molecule is Cc1nc2c(C)cccn2c(=O)c1Cc1nnc(SCC(=O)Nc2ccccc2F)n1C. The first-order chi connectivity index (χ1) is 15.3. The average Bonchev–Trinajstić information content (AvgIpc) is 3.11. The molecule has 0 saturated heterocycles. The minimum Gasteiger partial charge on any atom is -0.323 e. The van der Waals surface area contributed by atoms with Gasteiger partial charge in [-0.2, -0.15) is 0 Å². The lowest BCUT2D eigenvalue weighted by Gasteiger charge is -2.09. The second-order valence-electron chi connectivity index (χ2n) is 7.32. The number of hydrogen-bond donors (Lipinski definition) is 1. The van der Waals surface area contributed by atoms with Crippen LogP contribution < -0.4 is 10.9 Å². The van der Waals surface area contributed by atoms with Crippen LogP contribution >= 0.6 is 11.8 Å². The van der Waals surface area contributed by atoms with E-state index in [9.17, 15) is 14.0 Å². The molecule has 3 aromatic heterocycles. The molecule has 0 saturated carbocycles. The minimum absolute atomic E-state index is 0.0405. The molecule has 1 aromatic carbocycles. The average molecular weight is 453 g/mol. The van der Waals surface area contributed by atoms with Crippen molar-refractivity contribution in [1.29, 1.82) is 0 Å². The van der Waals surface area contributed by atoms with E-state index in [0.29, 0.717) is 27.9 Å². The molecule has 164 valence electrons. The van der Waals surface area contributed by atoms with Crippen molar-refractivity contribution in [2.75, 3.05) is 11.1 Å². The van der Waals surface area contributed by atoms with Gasteiger partial charge in [0.15, 0.2) is 5.16 Å². The van der Waals surface area contributed by atoms with Crippen LogP contribution in [0.15, 0.2) is 52.5 Å². The van der Waals surface area contributed by atoms with Crippen LogP contribution in [0.5, 0.6) is 0 Å². The number of halogens is 1. The number of rotatable bonds is 6. The van der Waals surface area contributed by atoms with E-state index in [2.05, 4.69) is 20.5 Å². The zero-order valence-electron chi connectivity index (χ0n) is 17.8. The predicted octanol–water partition coefficient (Wildman–Crippen LogP) is 2.90. The van der Waals surface area contributed by atoms with Gasteiger partial charge in [-0.3, -0.25) is 14.0 Å². The highest BCUT2D eigenvalue weighted by molar-refractivity contribution is 7.99. The van der Waals surface area contributed by atoms with E-state index in [4.69, 9.17) is 0 Å². The Morgan fingerprint density at radius 3 is 2.72 bits per heavy atom. The van der Waals surface area contributed by atoms with E-state index in [-0.39, 0.29) is 29.3 Å². The van der Waals surface area contributed by atoms with Gasteiger partial charge in [-0.1, -0.05) is 30.0 Å². The third-order valence-electron chi connectivity index (χ3n) is 5.09. The zero-order chi connectivity index (χ0) is 22.8. The van der Waals surface area contributed by atoms with Crippen LogP contribution in [0.25, 0.3) is 5.65 Å². The van der Waals surface area contributed by atoms with Gasteiger partial charge < -0.3 is 9.88 Å². The number of hydrogen-bond acceptors (Lipinski definition) is 6. The number of pyridine rings is 1. The number of thioether (sulfide) groups is 1. The van der Waals surface area contributed by atoms with Crippen molar-refractivity contribution in [3.63, 3.8) is 0 Å². The maximum absolute atomic E-state index is 13.7. The number of carbonyl (C=O) groups excluding carboxylic acids is 1. The Labute approximate surface area is 187 Å². The van der Waals surface area contributed by atoms with Gasteiger partial charge in [0.1, 0.15) is 17.3 Å². The molecule has 0 aliphatic heterocycles. The highest BCUT2D eigenvalue weighted by Crippen LogP contribution is 2.19. The number of nitrogens with one attached hydrogen (secondary N) is 1. The topological polar surface area (TPSA) is 94.2 Å². The van der Waals surface area contributed by atoms with Gasteiger partial charge in [0.25, 0.3) is 5.56 Å². The maximum Gasteiger partial charge on any atom is 0.261 e. The van der Waals surface area contributed by atoms with Crippen LogP contribution in [0.2, 0.25) is 0 Å². The number of carbonyl (C=O) groups is 1. The Balaban J connectivity index is 1.50. The lowest BCUT2D eigenvalue weighted by Crippen LogP contribution is -2.23.